The Kier molecular flexibility index (Phi) is 6.67. The Hall–Kier alpha value is -2.24. The number of hydrogen-bond donors (Lipinski definition) is 1. The molecule has 0 spiro atoms. The molecule has 0 aromatic heterocycles. The topological polar surface area (TPSA) is 72.6 Å². The minimum atomic E-state index is -0.480. The Balaban J connectivity index is 2.12. The first kappa shape index (κ1) is 19.1. The van der Waals surface area contributed by atoms with Gasteiger partial charge in [-0.3, -0.25) is 9.59 Å². The molecule has 0 fully saturated rings. The summed E-state index contributed by atoms with van der Waals surface area (Å²) in [6.07, 6.45) is 0.0569. The molecule has 2 rings (SSSR count). The van der Waals surface area contributed by atoms with Gasteiger partial charge in [-0.1, -0.05) is 35.3 Å². The van der Waals surface area contributed by atoms with Crippen LogP contribution in [-0.4, -0.2) is 25.0 Å². The van der Waals surface area contributed by atoms with Gasteiger partial charge < -0.3 is 15.4 Å². The zero-order valence-corrected chi connectivity index (χ0v) is 15.2. The van der Waals surface area contributed by atoms with Crippen molar-refractivity contribution in [2.24, 2.45) is 5.73 Å². The SMILES string of the molecule is Cc1cccc(N(CCC(N)=O)C(=O)COc2ccc(Cl)cc2Cl)c1. The molecule has 0 heterocycles. The first-order chi connectivity index (χ1) is 11.9. The van der Waals surface area contributed by atoms with Crippen LogP contribution >= 0.6 is 23.2 Å². The first-order valence-electron chi connectivity index (χ1n) is 7.60. The fourth-order valence-corrected chi connectivity index (χ4v) is 2.69. The van der Waals surface area contributed by atoms with Crippen LogP contribution in [0.4, 0.5) is 5.69 Å². The summed E-state index contributed by atoms with van der Waals surface area (Å²) in [6.45, 7) is 1.87. The second kappa shape index (κ2) is 8.74. The predicted octanol–water partition coefficient (Wildman–Crippen LogP) is 3.59. The number of aryl methyl sites for hydroxylation is 1. The van der Waals surface area contributed by atoms with Crippen molar-refractivity contribution < 1.29 is 14.3 Å². The van der Waals surface area contributed by atoms with Crippen molar-refractivity contribution in [1.29, 1.82) is 0 Å². The lowest BCUT2D eigenvalue weighted by Gasteiger charge is -2.23. The Labute approximate surface area is 156 Å². The Morgan fingerprint density at radius 3 is 2.56 bits per heavy atom. The highest BCUT2D eigenvalue weighted by molar-refractivity contribution is 6.35. The summed E-state index contributed by atoms with van der Waals surface area (Å²) in [7, 11) is 0. The van der Waals surface area contributed by atoms with Gasteiger partial charge in [-0.15, -0.1) is 0 Å². The maximum atomic E-state index is 12.6. The van der Waals surface area contributed by atoms with Gasteiger partial charge in [0.2, 0.25) is 5.91 Å². The van der Waals surface area contributed by atoms with E-state index in [1.54, 1.807) is 18.2 Å². The van der Waals surface area contributed by atoms with Crippen LogP contribution in [0.25, 0.3) is 0 Å². The minimum Gasteiger partial charge on any atom is -0.482 e. The molecule has 0 aliphatic heterocycles. The Bertz CT molecular complexity index is 781. The maximum Gasteiger partial charge on any atom is 0.264 e. The quantitative estimate of drug-likeness (QED) is 0.797. The van der Waals surface area contributed by atoms with Crippen molar-refractivity contribution in [2.45, 2.75) is 13.3 Å². The van der Waals surface area contributed by atoms with Gasteiger partial charge in [-0.2, -0.15) is 0 Å². The van der Waals surface area contributed by atoms with Crippen LogP contribution in [0.15, 0.2) is 42.5 Å². The molecule has 0 atom stereocenters. The predicted molar refractivity (Wildman–Crippen MR) is 99.3 cm³/mol. The highest BCUT2D eigenvalue weighted by Gasteiger charge is 2.18. The smallest absolute Gasteiger partial charge is 0.264 e. The number of carbonyl (C=O) groups excluding carboxylic acids is 2. The summed E-state index contributed by atoms with van der Waals surface area (Å²) in [5.74, 6) is -0.427. The third-order valence-electron chi connectivity index (χ3n) is 3.44. The van der Waals surface area contributed by atoms with E-state index in [1.807, 2.05) is 25.1 Å². The standard InChI is InChI=1S/C18H18Cl2N2O3/c1-12-3-2-4-14(9-12)22(8-7-17(21)23)18(24)11-25-16-6-5-13(19)10-15(16)20/h2-6,9-10H,7-8,11H2,1H3,(H2,21,23). The van der Waals surface area contributed by atoms with Gasteiger partial charge in [0, 0.05) is 23.7 Å². The molecular formula is C18H18Cl2N2O3. The normalized spacial score (nSPS) is 10.4. The molecule has 0 aliphatic carbocycles. The van der Waals surface area contributed by atoms with Crippen LogP contribution < -0.4 is 15.4 Å². The average Bonchev–Trinajstić information content (AvgIpc) is 2.54. The van der Waals surface area contributed by atoms with Gasteiger partial charge >= 0.3 is 0 Å². The van der Waals surface area contributed by atoms with Crippen molar-refractivity contribution in [1.82, 2.24) is 0 Å². The molecule has 0 radical (unpaired) electrons. The molecule has 7 heteroatoms. The van der Waals surface area contributed by atoms with E-state index in [9.17, 15) is 9.59 Å². The second-order valence-corrected chi connectivity index (χ2v) is 6.31. The number of ether oxygens (including phenoxy) is 1. The summed E-state index contributed by atoms with van der Waals surface area (Å²) >= 11 is 11.9. The summed E-state index contributed by atoms with van der Waals surface area (Å²) in [4.78, 5) is 25.2. The molecule has 0 unspecified atom stereocenters. The average molecular weight is 381 g/mol. The summed E-state index contributed by atoms with van der Waals surface area (Å²) in [5, 5.41) is 0.797. The van der Waals surface area contributed by atoms with Gasteiger partial charge in [-0.05, 0) is 42.8 Å². The second-order valence-electron chi connectivity index (χ2n) is 5.46. The number of halogens is 2. The van der Waals surface area contributed by atoms with Crippen molar-refractivity contribution >= 4 is 40.7 Å². The Morgan fingerprint density at radius 2 is 1.92 bits per heavy atom. The molecule has 0 saturated heterocycles. The molecule has 25 heavy (non-hydrogen) atoms. The molecule has 2 aromatic carbocycles. The van der Waals surface area contributed by atoms with E-state index in [0.717, 1.165) is 5.56 Å². The van der Waals surface area contributed by atoms with Crippen LogP contribution in [0.1, 0.15) is 12.0 Å². The maximum absolute atomic E-state index is 12.6. The van der Waals surface area contributed by atoms with E-state index < -0.39 is 5.91 Å². The number of amides is 2. The number of carbonyl (C=O) groups is 2. The zero-order valence-electron chi connectivity index (χ0n) is 13.7. The van der Waals surface area contributed by atoms with E-state index in [0.29, 0.717) is 21.5 Å². The van der Waals surface area contributed by atoms with E-state index >= 15 is 0 Å². The number of nitrogens with two attached hydrogens (primary N) is 1. The third-order valence-corrected chi connectivity index (χ3v) is 3.97. The fraction of sp³-hybridized carbons (Fsp3) is 0.222. The van der Waals surface area contributed by atoms with Crippen LogP contribution in [0.5, 0.6) is 5.75 Å². The summed E-state index contributed by atoms with van der Waals surface area (Å²) in [6, 6.07) is 12.2. The third kappa shape index (κ3) is 5.66. The van der Waals surface area contributed by atoms with Gasteiger partial charge in [-0.25, -0.2) is 0 Å². The first-order valence-corrected chi connectivity index (χ1v) is 8.35. The largest absolute Gasteiger partial charge is 0.482 e. The summed E-state index contributed by atoms with van der Waals surface area (Å²) in [5.41, 5.74) is 6.88. The van der Waals surface area contributed by atoms with E-state index in [1.165, 1.54) is 11.0 Å². The van der Waals surface area contributed by atoms with Crippen LogP contribution in [0.3, 0.4) is 0 Å². The molecular weight excluding hydrogens is 363 g/mol. The van der Waals surface area contributed by atoms with Crippen molar-refractivity contribution in [2.75, 3.05) is 18.1 Å². The zero-order chi connectivity index (χ0) is 18.4. The summed E-state index contributed by atoms with van der Waals surface area (Å²) < 4.78 is 5.50. The lowest BCUT2D eigenvalue weighted by molar-refractivity contribution is -0.120. The van der Waals surface area contributed by atoms with E-state index in [4.69, 9.17) is 33.7 Å². The van der Waals surface area contributed by atoms with Crippen LogP contribution in [0, 0.1) is 6.92 Å². The van der Waals surface area contributed by atoms with Gasteiger partial charge in [0.1, 0.15) is 5.75 Å². The van der Waals surface area contributed by atoms with E-state index in [2.05, 4.69) is 0 Å². The van der Waals surface area contributed by atoms with Gasteiger partial charge in [0.15, 0.2) is 6.61 Å². The highest BCUT2D eigenvalue weighted by Crippen LogP contribution is 2.27. The monoisotopic (exact) mass is 380 g/mol. The number of benzene rings is 2. The molecule has 2 N–H and O–H groups in total. The molecule has 0 bridgehead atoms. The molecule has 2 amide bonds. The fourth-order valence-electron chi connectivity index (χ4n) is 2.23. The molecule has 0 saturated carbocycles. The van der Waals surface area contributed by atoms with Crippen molar-refractivity contribution in [3.63, 3.8) is 0 Å². The van der Waals surface area contributed by atoms with Crippen LogP contribution in [-0.2, 0) is 9.59 Å². The number of anilines is 1. The number of nitrogens with zero attached hydrogens (tertiary/aromatic N) is 1. The number of primary amides is 1. The van der Waals surface area contributed by atoms with Gasteiger partial charge in [0.05, 0.1) is 5.02 Å². The van der Waals surface area contributed by atoms with Crippen molar-refractivity contribution in [3.8, 4) is 5.75 Å². The Morgan fingerprint density at radius 1 is 1.16 bits per heavy atom. The van der Waals surface area contributed by atoms with Crippen LogP contribution in [0.2, 0.25) is 10.0 Å². The number of rotatable bonds is 7. The molecule has 0 aliphatic rings. The minimum absolute atomic E-state index is 0.0569. The molecule has 2 aromatic rings. The van der Waals surface area contributed by atoms with Gasteiger partial charge in [0.25, 0.3) is 5.91 Å². The lowest BCUT2D eigenvalue weighted by Crippen LogP contribution is -2.37. The molecule has 5 nitrogen and oxygen atoms in total. The van der Waals surface area contributed by atoms with Crippen molar-refractivity contribution in [3.05, 3.63) is 58.1 Å². The lowest BCUT2D eigenvalue weighted by atomic mass is 10.2. The molecule has 132 valence electrons. The number of hydrogen-bond acceptors (Lipinski definition) is 3. The van der Waals surface area contributed by atoms with E-state index in [-0.39, 0.29) is 25.5 Å². The highest BCUT2D eigenvalue weighted by atomic mass is 35.5.